The standard InChI is InChI=1S/C60H55N3.2C2H6/c1-8-12-16-34-50-42-55(44(6)61(50)56-40-25-31-47-28-17-15-18-36-52(47)56)60-59(45(7)62(49(11-4)33-14-10-3)57-41-26-32-48-30-20-22-37-53(48)57)54-38-23-24-39-58(54)63(60)43(5)51-35-21-19-29-46(51)27-13-9-2;2*1-2/h8-9,11-17,19-42H,7,10H2,1-6H3;2*1-2H3/b12-8-,13-9-,33-14-,34-16-,46-27-,49-11+,51-43+;;. The summed E-state index contributed by atoms with van der Waals surface area (Å²) in [5.74, 6) is 0. The van der Waals surface area contributed by atoms with Crippen LogP contribution in [0.15, 0.2) is 194 Å². The number of fused-ring (bicyclic) bond motifs is 3. The SMILES string of the molecule is C=C(c1c(-c2cc(/C=C\C=C/C)n(-c3cccc4c3C=C=CC=C4)c2C)n(\C(C)=c2/cccc/c2=C/C=C\C)c2ccccc12)N(C(/C=C\CC)=C/C)c1cccc2ccccc12.CC.CC. The molecule has 5 aromatic carbocycles. The molecular formula is C64H67N3. The summed E-state index contributed by atoms with van der Waals surface area (Å²) in [6.07, 6.45) is 30.8. The van der Waals surface area contributed by atoms with Crippen molar-refractivity contribution in [2.75, 3.05) is 4.90 Å². The smallest absolute Gasteiger partial charge is 0.0649 e. The van der Waals surface area contributed by atoms with Crippen molar-refractivity contribution in [3.63, 3.8) is 0 Å². The number of para-hydroxylation sites is 1. The van der Waals surface area contributed by atoms with E-state index in [9.17, 15) is 0 Å². The van der Waals surface area contributed by atoms with Gasteiger partial charge in [0.15, 0.2) is 0 Å². The molecule has 67 heavy (non-hydrogen) atoms. The van der Waals surface area contributed by atoms with Crippen molar-refractivity contribution in [1.82, 2.24) is 9.13 Å². The maximum Gasteiger partial charge on any atom is 0.0649 e. The van der Waals surface area contributed by atoms with Crippen molar-refractivity contribution < 1.29 is 0 Å². The summed E-state index contributed by atoms with van der Waals surface area (Å²) in [5.41, 5.74) is 17.4. The second-order valence-corrected chi connectivity index (χ2v) is 15.7. The van der Waals surface area contributed by atoms with Gasteiger partial charge in [0.1, 0.15) is 0 Å². The molecular weight excluding hydrogens is 811 g/mol. The molecule has 1 aliphatic carbocycles. The van der Waals surface area contributed by atoms with Gasteiger partial charge >= 0.3 is 0 Å². The molecule has 7 aromatic rings. The van der Waals surface area contributed by atoms with Gasteiger partial charge < -0.3 is 14.0 Å². The number of aromatic nitrogens is 2. The fraction of sp³-hybridized carbons (Fsp3) is 0.172. The molecule has 0 fully saturated rings. The van der Waals surface area contributed by atoms with E-state index in [1.54, 1.807) is 0 Å². The number of rotatable bonds is 12. The van der Waals surface area contributed by atoms with Crippen molar-refractivity contribution in [2.45, 2.75) is 75.7 Å². The number of benzene rings is 5. The van der Waals surface area contributed by atoms with Gasteiger partial charge in [-0.1, -0.05) is 193 Å². The monoisotopic (exact) mass is 878 g/mol. The lowest BCUT2D eigenvalue weighted by Gasteiger charge is -2.30. The highest BCUT2D eigenvalue weighted by Crippen LogP contribution is 2.46. The molecule has 0 spiro atoms. The summed E-state index contributed by atoms with van der Waals surface area (Å²) in [6.45, 7) is 26.1. The van der Waals surface area contributed by atoms with Crippen LogP contribution in [-0.4, -0.2) is 9.13 Å². The maximum absolute atomic E-state index is 5.13. The number of nitrogens with zero attached hydrogens (tertiary/aromatic N) is 3. The number of anilines is 1. The van der Waals surface area contributed by atoms with Gasteiger partial charge in [-0.25, -0.2) is 0 Å². The topological polar surface area (TPSA) is 13.1 Å². The predicted molar refractivity (Wildman–Crippen MR) is 298 cm³/mol. The number of hydrogen-bond donors (Lipinski definition) is 0. The van der Waals surface area contributed by atoms with Crippen molar-refractivity contribution >= 4 is 63.1 Å². The number of hydrogen-bond acceptors (Lipinski definition) is 1. The van der Waals surface area contributed by atoms with Crippen LogP contribution in [0.4, 0.5) is 5.69 Å². The van der Waals surface area contributed by atoms with Crippen LogP contribution in [0.5, 0.6) is 0 Å². The second-order valence-electron chi connectivity index (χ2n) is 15.7. The maximum atomic E-state index is 5.13. The summed E-state index contributed by atoms with van der Waals surface area (Å²) in [5, 5.41) is 5.76. The Morgan fingerprint density at radius 1 is 0.776 bits per heavy atom. The van der Waals surface area contributed by atoms with E-state index in [1.807, 2.05) is 33.8 Å². The van der Waals surface area contributed by atoms with Gasteiger partial charge in [-0.15, -0.1) is 5.73 Å². The van der Waals surface area contributed by atoms with Crippen LogP contribution in [0, 0.1) is 6.92 Å². The first-order valence-electron chi connectivity index (χ1n) is 24.0. The average molecular weight is 878 g/mol. The summed E-state index contributed by atoms with van der Waals surface area (Å²) in [4.78, 5) is 2.37. The quantitative estimate of drug-likeness (QED) is 0.0880. The van der Waals surface area contributed by atoms with Crippen molar-refractivity contribution in [3.8, 4) is 16.9 Å². The third kappa shape index (κ3) is 9.99. The van der Waals surface area contributed by atoms with Gasteiger partial charge in [0.25, 0.3) is 0 Å². The molecule has 338 valence electrons. The van der Waals surface area contributed by atoms with Crippen molar-refractivity contribution in [1.29, 1.82) is 0 Å². The first kappa shape index (κ1) is 48.9. The Bertz CT molecular complexity index is 3260. The largest absolute Gasteiger partial charge is 0.313 e. The molecule has 0 unspecified atom stereocenters. The van der Waals surface area contributed by atoms with Crippen LogP contribution in [0.1, 0.15) is 96.8 Å². The molecule has 0 N–H and O–H groups in total. The van der Waals surface area contributed by atoms with E-state index in [0.29, 0.717) is 0 Å². The Morgan fingerprint density at radius 2 is 1.48 bits per heavy atom. The highest BCUT2D eigenvalue weighted by Gasteiger charge is 2.29. The molecule has 8 rings (SSSR count). The Kier molecular flexibility index (Phi) is 17.2. The van der Waals surface area contributed by atoms with Crippen LogP contribution in [-0.2, 0) is 0 Å². The van der Waals surface area contributed by atoms with E-state index < -0.39 is 0 Å². The molecule has 0 radical (unpaired) electrons. The van der Waals surface area contributed by atoms with Crippen LogP contribution in [0.3, 0.4) is 0 Å². The molecule has 3 heteroatoms. The van der Waals surface area contributed by atoms with Crippen molar-refractivity contribution in [3.05, 3.63) is 233 Å². The molecule has 0 aliphatic heterocycles. The Labute approximate surface area is 400 Å². The molecule has 2 heterocycles. The normalized spacial score (nSPS) is 13.1. The van der Waals surface area contributed by atoms with E-state index in [2.05, 4.69) is 256 Å². The lowest BCUT2D eigenvalue weighted by molar-refractivity contribution is 0.996. The third-order valence-electron chi connectivity index (χ3n) is 11.8. The molecule has 0 saturated heterocycles. The third-order valence-corrected chi connectivity index (χ3v) is 11.8. The zero-order chi connectivity index (χ0) is 47.9. The van der Waals surface area contributed by atoms with E-state index in [1.165, 1.54) is 5.39 Å². The van der Waals surface area contributed by atoms with Gasteiger partial charge in [0.05, 0.1) is 22.6 Å². The minimum atomic E-state index is 0.886. The Morgan fingerprint density at radius 3 is 2.24 bits per heavy atom. The van der Waals surface area contributed by atoms with Gasteiger partial charge in [-0.05, 0) is 106 Å². The minimum absolute atomic E-state index is 0.886. The van der Waals surface area contributed by atoms with E-state index >= 15 is 0 Å². The van der Waals surface area contributed by atoms with Crippen LogP contribution < -0.4 is 15.3 Å². The van der Waals surface area contributed by atoms with Gasteiger partial charge in [0.2, 0.25) is 0 Å². The summed E-state index contributed by atoms with van der Waals surface area (Å²) in [6, 6.07) is 41.7. The lowest BCUT2D eigenvalue weighted by Crippen LogP contribution is -2.28. The zero-order valence-corrected chi connectivity index (χ0v) is 41.3. The summed E-state index contributed by atoms with van der Waals surface area (Å²) < 4.78 is 4.90. The summed E-state index contributed by atoms with van der Waals surface area (Å²) >= 11 is 0. The van der Waals surface area contributed by atoms with Crippen molar-refractivity contribution in [2.24, 2.45) is 0 Å². The van der Waals surface area contributed by atoms with Gasteiger partial charge in [-0.3, -0.25) is 0 Å². The summed E-state index contributed by atoms with van der Waals surface area (Å²) in [7, 11) is 0. The van der Waals surface area contributed by atoms with Gasteiger partial charge in [0, 0.05) is 61.2 Å². The first-order valence-corrected chi connectivity index (χ1v) is 24.0. The molecule has 0 saturated carbocycles. The molecule has 2 aromatic heterocycles. The molecule has 1 aliphatic rings. The van der Waals surface area contributed by atoms with E-state index in [0.717, 1.165) is 101 Å². The molecule has 3 nitrogen and oxygen atoms in total. The second kappa shape index (κ2) is 23.6. The van der Waals surface area contributed by atoms with Crippen LogP contribution in [0.2, 0.25) is 0 Å². The molecule has 0 atom stereocenters. The fourth-order valence-corrected chi connectivity index (χ4v) is 8.91. The van der Waals surface area contributed by atoms with Crippen LogP contribution in [0.25, 0.3) is 74.3 Å². The molecule has 0 bridgehead atoms. The zero-order valence-electron chi connectivity index (χ0n) is 41.3. The van der Waals surface area contributed by atoms with Crippen LogP contribution >= 0.6 is 0 Å². The highest BCUT2D eigenvalue weighted by atomic mass is 15.2. The van der Waals surface area contributed by atoms with E-state index in [-0.39, 0.29) is 0 Å². The Balaban J connectivity index is 0.00000180. The van der Waals surface area contributed by atoms with Gasteiger partial charge in [-0.2, -0.15) is 0 Å². The Hall–Kier alpha value is -7.58. The lowest BCUT2D eigenvalue weighted by atomic mass is 9.99. The fourth-order valence-electron chi connectivity index (χ4n) is 8.91. The molecule has 0 amide bonds. The predicted octanol–water partition coefficient (Wildman–Crippen LogP) is 16.8. The number of allylic oxidation sites excluding steroid dienone is 10. The minimum Gasteiger partial charge on any atom is -0.313 e. The van der Waals surface area contributed by atoms with E-state index in [4.69, 9.17) is 6.58 Å². The average Bonchev–Trinajstić information content (AvgIpc) is 3.76. The highest BCUT2D eigenvalue weighted by molar-refractivity contribution is 6.08. The first-order chi connectivity index (χ1) is 32.9.